The van der Waals surface area contributed by atoms with E-state index in [0.29, 0.717) is 11.3 Å². The van der Waals surface area contributed by atoms with Crippen molar-refractivity contribution in [3.8, 4) is 0 Å². The Bertz CT molecular complexity index is 882. The highest BCUT2D eigenvalue weighted by atomic mass is 32.2. The summed E-state index contributed by atoms with van der Waals surface area (Å²) in [6.07, 6.45) is 0. The minimum atomic E-state index is -0.337. The van der Waals surface area contributed by atoms with Gasteiger partial charge in [0.05, 0.1) is 0 Å². The van der Waals surface area contributed by atoms with Gasteiger partial charge in [-0.15, -0.1) is 11.8 Å². The summed E-state index contributed by atoms with van der Waals surface area (Å²) in [5.74, 6) is 0.386. The van der Waals surface area contributed by atoms with Gasteiger partial charge in [-0.2, -0.15) is 0 Å². The maximum absolute atomic E-state index is 12.9. The van der Waals surface area contributed by atoms with Crippen molar-refractivity contribution in [2.45, 2.75) is 24.5 Å². The predicted octanol–water partition coefficient (Wildman–Crippen LogP) is 4.84. The largest absolute Gasteiger partial charge is 0.422 e. The molecule has 2 aromatic carbocycles. The van der Waals surface area contributed by atoms with E-state index in [9.17, 15) is 9.18 Å². The third-order valence-electron chi connectivity index (χ3n) is 3.73. The number of halogens is 1. The highest BCUT2D eigenvalue weighted by Gasteiger charge is 2.10. The molecule has 0 aliphatic heterocycles. The van der Waals surface area contributed by atoms with E-state index in [1.54, 1.807) is 23.9 Å². The van der Waals surface area contributed by atoms with Gasteiger partial charge < -0.3 is 4.42 Å². The van der Waals surface area contributed by atoms with Crippen molar-refractivity contribution in [3.05, 3.63) is 75.4 Å². The lowest BCUT2D eigenvalue weighted by Crippen LogP contribution is -2.01. The van der Waals surface area contributed by atoms with Crippen LogP contribution in [0, 0.1) is 19.7 Å². The molecule has 0 unspecified atom stereocenters. The first-order valence-corrected chi connectivity index (χ1v) is 7.94. The van der Waals surface area contributed by atoms with Crippen LogP contribution in [0.4, 0.5) is 4.39 Å². The van der Waals surface area contributed by atoms with Gasteiger partial charge in [0.1, 0.15) is 11.4 Å². The van der Waals surface area contributed by atoms with Crippen LogP contribution in [0.2, 0.25) is 0 Å². The molecule has 0 spiro atoms. The molecule has 0 radical (unpaired) electrons. The van der Waals surface area contributed by atoms with Gasteiger partial charge in [0.2, 0.25) is 0 Å². The molecule has 1 heterocycles. The maximum Gasteiger partial charge on any atom is 0.336 e. The van der Waals surface area contributed by atoms with Gasteiger partial charge in [0.25, 0.3) is 0 Å². The molecule has 112 valence electrons. The lowest BCUT2D eigenvalue weighted by Gasteiger charge is -2.09. The van der Waals surface area contributed by atoms with Gasteiger partial charge in [0.15, 0.2) is 0 Å². The van der Waals surface area contributed by atoms with Crippen molar-refractivity contribution in [1.82, 2.24) is 0 Å². The number of hydrogen-bond donors (Lipinski definition) is 0. The summed E-state index contributed by atoms with van der Waals surface area (Å²) >= 11 is 1.57. The van der Waals surface area contributed by atoms with Crippen molar-refractivity contribution < 1.29 is 8.81 Å². The summed E-state index contributed by atoms with van der Waals surface area (Å²) in [5, 5.41) is 0.956. The molecule has 1 aromatic heterocycles. The van der Waals surface area contributed by atoms with Gasteiger partial charge >= 0.3 is 5.63 Å². The molecule has 2 nitrogen and oxygen atoms in total. The Morgan fingerprint density at radius 1 is 1.09 bits per heavy atom. The van der Waals surface area contributed by atoms with E-state index in [0.717, 1.165) is 27.0 Å². The summed E-state index contributed by atoms with van der Waals surface area (Å²) in [5.41, 5.74) is 3.34. The first kappa shape index (κ1) is 14.9. The Kier molecular flexibility index (Phi) is 4.03. The molecule has 0 fully saturated rings. The molecule has 4 heteroatoms. The molecular formula is C18H15FO2S. The summed E-state index contributed by atoms with van der Waals surface area (Å²) in [4.78, 5) is 12.8. The maximum atomic E-state index is 12.9. The van der Waals surface area contributed by atoms with Crippen LogP contribution in [0.15, 0.2) is 56.6 Å². The minimum absolute atomic E-state index is 0.249. The number of hydrogen-bond acceptors (Lipinski definition) is 3. The third kappa shape index (κ3) is 2.92. The normalized spacial score (nSPS) is 11.0. The highest BCUT2D eigenvalue weighted by molar-refractivity contribution is 7.98. The SMILES string of the molecule is Cc1ccc2c(CSc3ccc(F)cc3)cc(=O)oc2c1C. The minimum Gasteiger partial charge on any atom is -0.422 e. The second kappa shape index (κ2) is 5.97. The zero-order valence-electron chi connectivity index (χ0n) is 12.4. The highest BCUT2D eigenvalue weighted by Crippen LogP contribution is 2.28. The number of rotatable bonds is 3. The van der Waals surface area contributed by atoms with Crippen LogP contribution in [0.3, 0.4) is 0 Å². The first-order valence-electron chi connectivity index (χ1n) is 6.96. The predicted molar refractivity (Wildman–Crippen MR) is 87.9 cm³/mol. The number of thioether (sulfide) groups is 1. The molecule has 0 aliphatic carbocycles. The molecule has 0 saturated carbocycles. The molecule has 22 heavy (non-hydrogen) atoms. The molecule has 0 aliphatic rings. The Hall–Kier alpha value is -2.07. The second-order valence-electron chi connectivity index (χ2n) is 5.22. The topological polar surface area (TPSA) is 30.2 Å². The van der Waals surface area contributed by atoms with Crippen molar-refractivity contribution in [3.63, 3.8) is 0 Å². The first-order chi connectivity index (χ1) is 10.5. The van der Waals surface area contributed by atoms with Gasteiger partial charge in [-0.05, 0) is 54.8 Å². The van der Waals surface area contributed by atoms with Crippen molar-refractivity contribution in [2.75, 3.05) is 0 Å². The van der Waals surface area contributed by atoms with E-state index >= 15 is 0 Å². The van der Waals surface area contributed by atoms with Crippen LogP contribution in [0.1, 0.15) is 16.7 Å². The third-order valence-corrected chi connectivity index (χ3v) is 4.79. The fourth-order valence-corrected chi connectivity index (χ4v) is 3.23. The molecule has 3 aromatic rings. The van der Waals surface area contributed by atoms with Crippen molar-refractivity contribution >= 4 is 22.7 Å². The van der Waals surface area contributed by atoms with E-state index in [-0.39, 0.29) is 11.4 Å². The number of benzene rings is 2. The van der Waals surface area contributed by atoms with E-state index in [1.165, 1.54) is 18.2 Å². The zero-order chi connectivity index (χ0) is 15.7. The molecule has 0 saturated heterocycles. The van der Waals surface area contributed by atoms with Crippen LogP contribution in [-0.2, 0) is 5.75 Å². The smallest absolute Gasteiger partial charge is 0.336 e. The standard InChI is InChI=1S/C18H15FO2S/c1-11-3-8-16-13(9-17(20)21-18(16)12(11)2)10-22-15-6-4-14(19)5-7-15/h3-9H,10H2,1-2H3. The monoisotopic (exact) mass is 314 g/mol. The second-order valence-corrected chi connectivity index (χ2v) is 6.27. The molecule has 0 atom stereocenters. The van der Waals surface area contributed by atoms with E-state index in [1.807, 2.05) is 26.0 Å². The lowest BCUT2D eigenvalue weighted by atomic mass is 10.0. The van der Waals surface area contributed by atoms with Gasteiger partial charge in [-0.3, -0.25) is 0 Å². The molecule has 0 N–H and O–H groups in total. The summed E-state index contributed by atoms with van der Waals surface area (Å²) in [7, 11) is 0. The lowest BCUT2D eigenvalue weighted by molar-refractivity contribution is 0.557. The van der Waals surface area contributed by atoms with Crippen molar-refractivity contribution in [1.29, 1.82) is 0 Å². The van der Waals surface area contributed by atoms with Gasteiger partial charge in [-0.25, -0.2) is 9.18 Å². The Labute approximate surface area is 132 Å². The average molecular weight is 314 g/mol. The number of fused-ring (bicyclic) bond motifs is 1. The fraction of sp³-hybridized carbons (Fsp3) is 0.167. The Morgan fingerprint density at radius 2 is 1.82 bits per heavy atom. The Balaban J connectivity index is 1.98. The number of aryl methyl sites for hydroxylation is 2. The van der Waals surface area contributed by atoms with Gasteiger partial charge in [0, 0.05) is 22.1 Å². The summed E-state index contributed by atoms with van der Waals surface area (Å²) in [6, 6.07) is 11.9. The van der Waals surface area contributed by atoms with Crippen LogP contribution >= 0.6 is 11.8 Å². The van der Waals surface area contributed by atoms with Crippen molar-refractivity contribution in [2.24, 2.45) is 0 Å². The van der Waals surface area contributed by atoms with E-state index in [4.69, 9.17) is 4.42 Å². The van der Waals surface area contributed by atoms with E-state index in [2.05, 4.69) is 0 Å². The van der Waals surface area contributed by atoms with Crippen LogP contribution < -0.4 is 5.63 Å². The van der Waals surface area contributed by atoms with E-state index < -0.39 is 0 Å². The van der Waals surface area contributed by atoms with Crippen LogP contribution in [-0.4, -0.2) is 0 Å². The zero-order valence-corrected chi connectivity index (χ0v) is 13.2. The molecular weight excluding hydrogens is 299 g/mol. The average Bonchev–Trinajstić information content (AvgIpc) is 2.50. The van der Waals surface area contributed by atoms with Crippen LogP contribution in [0.25, 0.3) is 11.0 Å². The summed E-state index contributed by atoms with van der Waals surface area (Å²) in [6.45, 7) is 3.95. The van der Waals surface area contributed by atoms with Crippen LogP contribution in [0.5, 0.6) is 0 Å². The summed E-state index contributed by atoms with van der Waals surface area (Å²) < 4.78 is 18.3. The molecule has 0 amide bonds. The molecule has 3 rings (SSSR count). The Morgan fingerprint density at radius 3 is 2.55 bits per heavy atom. The fourth-order valence-electron chi connectivity index (χ4n) is 2.34. The van der Waals surface area contributed by atoms with Gasteiger partial charge in [-0.1, -0.05) is 12.1 Å². The molecule has 0 bridgehead atoms. The quantitative estimate of drug-likeness (QED) is 0.512.